The second-order valence-corrected chi connectivity index (χ2v) is 7.31. The van der Waals surface area contributed by atoms with Gasteiger partial charge in [-0.25, -0.2) is 4.39 Å². The summed E-state index contributed by atoms with van der Waals surface area (Å²) in [7, 11) is 3.15. The summed E-state index contributed by atoms with van der Waals surface area (Å²) < 4.78 is 30.2. The summed E-state index contributed by atoms with van der Waals surface area (Å²) in [6, 6.07) is 4.37. The Balaban J connectivity index is 1.59. The highest BCUT2D eigenvalue weighted by atomic mass is 19.1. The number of rotatable bonds is 5. The summed E-state index contributed by atoms with van der Waals surface area (Å²) in [5.74, 6) is 0.134. The Kier molecular flexibility index (Phi) is 6.14. The first-order chi connectivity index (χ1) is 12.6. The number of likely N-dealkylation sites (tertiary alicyclic amines) is 1. The monoisotopic (exact) mass is 365 g/mol. The van der Waals surface area contributed by atoms with Crippen molar-refractivity contribution in [1.29, 1.82) is 0 Å². The van der Waals surface area contributed by atoms with Crippen LogP contribution < -0.4 is 4.74 Å². The van der Waals surface area contributed by atoms with Crippen LogP contribution in [0.25, 0.3) is 0 Å². The van der Waals surface area contributed by atoms with Crippen LogP contribution in [0.2, 0.25) is 0 Å². The van der Waals surface area contributed by atoms with Crippen LogP contribution in [0.4, 0.5) is 4.39 Å². The highest BCUT2D eigenvalue weighted by Crippen LogP contribution is 2.39. The van der Waals surface area contributed by atoms with Gasteiger partial charge in [-0.2, -0.15) is 0 Å². The molecule has 2 aliphatic rings. The molecule has 2 saturated heterocycles. The standard InChI is InChI=1S/C20H28FNO4/c1-24-11-5-15-6-12-26-20(14-15)7-9-22(10-8-20)19(23)16-3-4-18(25-2)17(21)13-16/h3-4,13,15H,5-12,14H2,1-2H3. The molecule has 6 heteroatoms. The van der Waals surface area contributed by atoms with Crippen LogP contribution in [0.5, 0.6) is 5.75 Å². The fraction of sp³-hybridized carbons (Fsp3) is 0.650. The molecule has 0 aromatic heterocycles. The number of benzene rings is 1. The number of methoxy groups -OCH3 is 2. The van der Waals surface area contributed by atoms with Gasteiger partial charge in [0.2, 0.25) is 0 Å². The van der Waals surface area contributed by atoms with E-state index in [9.17, 15) is 9.18 Å². The molecule has 144 valence electrons. The third-order valence-corrected chi connectivity index (χ3v) is 5.69. The maximum atomic E-state index is 13.9. The number of hydrogen-bond acceptors (Lipinski definition) is 4. The van der Waals surface area contributed by atoms with Crippen molar-refractivity contribution < 1.29 is 23.4 Å². The van der Waals surface area contributed by atoms with Crippen molar-refractivity contribution in [3.63, 3.8) is 0 Å². The van der Waals surface area contributed by atoms with E-state index in [0.29, 0.717) is 24.6 Å². The highest BCUT2D eigenvalue weighted by molar-refractivity contribution is 5.94. The van der Waals surface area contributed by atoms with Crippen LogP contribution in [-0.4, -0.2) is 56.9 Å². The molecule has 1 spiro atoms. The number of halogens is 1. The van der Waals surface area contributed by atoms with Gasteiger partial charge < -0.3 is 19.1 Å². The minimum atomic E-state index is -0.511. The summed E-state index contributed by atoms with van der Waals surface area (Å²) in [6.45, 7) is 2.85. The van der Waals surface area contributed by atoms with E-state index in [1.54, 1.807) is 18.1 Å². The van der Waals surface area contributed by atoms with Gasteiger partial charge in [0.25, 0.3) is 5.91 Å². The first-order valence-corrected chi connectivity index (χ1v) is 9.32. The summed E-state index contributed by atoms with van der Waals surface area (Å²) in [5, 5.41) is 0. The molecule has 1 unspecified atom stereocenters. The Bertz CT molecular complexity index is 628. The van der Waals surface area contributed by atoms with Crippen LogP contribution >= 0.6 is 0 Å². The van der Waals surface area contributed by atoms with Gasteiger partial charge in [0.1, 0.15) is 0 Å². The van der Waals surface area contributed by atoms with E-state index in [0.717, 1.165) is 45.3 Å². The van der Waals surface area contributed by atoms with Crippen molar-refractivity contribution in [1.82, 2.24) is 4.90 Å². The molecule has 5 nitrogen and oxygen atoms in total. The topological polar surface area (TPSA) is 48.0 Å². The third-order valence-electron chi connectivity index (χ3n) is 5.69. The van der Waals surface area contributed by atoms with Crippen LogP contribution in [0.1, 0.15) is 42.5 Å². The molecule has 3 rings (SSSR count). The van der Waals surface area contributed by atoms with Crippen LogP contribution in [-0.2, 0) is 9.47 Å². The van der Waals surface area contributed by atoms with Crippen molar-refractivity contribution in [3.8, 4) is 5.75 Å². The average Bonchev–Trinajstić information content (AvgIpc) is 2.66. The molecule has 0 bridgehead atoms. The molecule has 0 N–H and O–H groups in total. The molecule has 26 heavy (non-hydrogen) atoms. The molecule has 1 atom stereocenters. The Morgan fingerprint density at radius 3 is 2.77 bits per heavy atom. The molecule has 1 aromatic rings. The van der Waals surface area contributed by atoms with E-state index in [1.165, 1.54) is 19.2 Å². The zero-order valence-electron chi connectivity index (χ0n) is 15.6. The summed E-state index contributed by atoms with van der Waals surface area (Å²) in [6.07, 6.45) is 4.85. The molecule has 0 radical (unpaired) electrons. The lowest BCUT2D eigenvalue weighted by molar-refractivity contribution is -0.125. The molecular weight excluding hydrogens is 337 g/mol. The van der Waals surface area contributed by atoms with Gasteiger partial charge in [0, 0.05) is 39.0 Å². The molecular formula is C20H28FNO4. The van der Waals surface area contributed by atoms with Crippen LogP contribution in [0.3, 0.4) is 0 Å². The number of amides is 1. The number of carbonyl (C=O) groups is 1. The second kappa shape index (κ2) is 8.35. The maximum Gasteiger partial charge on any atom is 0.253 e. The highest BCUT2D eigenvalue weighted by Gasteiger charge is 2.41. The molecule has 1 aromatic carbocycles. The van der Waals surface area contributed by atoms with Gasteiger partial charge in [0.15, 0.2) is 11.6 Å². The van der Waals surface area contributed by atoms with Gasteiger partial charge in [0.05, 0.1) is 12.7 Å². The first kappa shape index (κ1) is 19.1. The number of piperidine rings is 1. The van der Waals surface area contributed by atoms with Crippen molar-refractivity contribution in [2.45, 2.75) is 37.7 Å². The summed E-state index contributed by atoms with van der Waals surface area (Å²) in [4.78, 5) is 14.5. The molecule has 2 heterocycles. The van der Waals surface area contributed by atoms with Crippen LogP contribution in [0.15, 0.2) is 18.2 Å². The Morgan fingerprint density at radius 2 is 2.12 bits per heavy atom. The van der Waals surface area contributed by atoms with Gasteiger partial charge in [-0.15, -0.1) is 0 Å². The quantitative estimate of drug-likeness (QED) is 0.804. The largest absolute Gasteiger partial charge is 0.494 e. The Hall–Kier alpha value is -1.66. The van der Waals surface area contributed by atoms with E-state index >= 15 is 0 Å². The van der Waals surface area contributed by atoms with Crippen molar-refractivity contribution >= 4 is 5.91 Å². The Labute approximate surface area is 154 Å². The van der Waals surface area contributed by atoms with Crippen molar-refractivity contribution in [3.05, 3.63) is 29.6 Å². The zero-order chi connectivity index (χ0) is 18.6. The molecule has 0 aliphatic carbocycles. The molecule has 2 fully saturated rings. The maximum absolute atomic E-state index is 13.9. The second-order valence-electron chi connectivity index (χ2n) is 7.31. The lowest BCUT2D eigenvalue weighted by atomic mass is 9.78. The zero-order valence-corrected chi connectivity index (χ0v) is 15.6. The Morgan fingerprint density at radius 1 is 1.35 bits per heavy atom. The van der Waals surface area contributed by atoms with Crippen molar-refractivity contribution in [2.75, 3.05) is 40.5 Å². The SMILES string of the molecule is COCCC1CCOC2(CCN(C(=O)c3ccc(OC)c(F)c3)CC2)C1. The summed E-state index contributed by atoms with van der Waals surface area (Å²) >= 11 is 0. The lowest BCUT2D eigenvalue weighted by Gasteiger charge is -2.46. The normalized spacial score (nSPS) is 22.4. The average molecular weight is 365 g/mol. The fourth-order valence-corrected chi connectivity index (χ4v) is 4.11. The smallest absolute Gasteiger partial charge is 0.253 e. The van der Waals surface area contributed by atoms with Crippen molar-refractivity contribution in [2.24, 2.45) is 5.92 Å². The number of carbonyl (C=O) groups excluding carboxylic acids is 1. The van der Waals surface area contributed by atoms with Gasteiger partial charge >= 0.3 is 0 Å². The fourth-order valence-electron chi connectivity index (χ4n) is 4.11. The molecule has 0 saturated carbocycles. The predicted octanol–water partition coefficient (Wildman–Crippen LogP) is 3.27. The lowest BCUT2D eigenvalue weighted by Crippen LogP contribution is -2.50. The molecule has 2 aliphatic heterocycles. The number of hydrogen-bond donors (Lipinski definition) is 0. The van der Waals surface area contributed by atoms with Gasteiger partial charge in [-0.1, -0.05) is 0 Å². The van der Waals surface area contributed by atoms with E-state index in [2.05, 4.69) is 0 Å². The van der Waals surface area contributed by atoms with E-state index < -0.39 is 5.82 Å². The summed E-state index contributed by atoms with van der Waals surface area (Å²) in [5.41, 5.74) is 0.250. The first-order valence-electron chi connectivity index (χ1n) is 9.32. The minimum absolute atomic E-state index is 0.113. The minimum Gasteiger partial charge on any atom is -0.494 e. The van der Waals surface area contributed by atoms with E-state index in [4.69, 9.17) is 14.2 Å². The third kappa shape index (κ3) is 4.18. The van der Waals surface area contributed by atoms with Gasteiger partial charge in [-0.3, -0.25) is 4.79 Å². The number of ether oxygens (including phenoxy) is 3. The van der Waals surface area contributed by atoms with E-state index in [1.807, 2.05) is 0 Å². The molecule has 1 amide bonds. The predicted molar refractivity (Wildman–Crippen MR) is 96.0 cm³/mol. The van der Waals surface area contributed by atoms with Crippen LogP contribution in [0, 0.1) is 11.7 Å². The van der Waals surface area contributed by atoms with Gasteiger partial charge in [-0.05, 0) is 56.2 Å². The number of nitrogens with zero attached hydrogens (tertiary/aromatic N) is 1. The van der Waals surface area contributed by atoms with E-state index in [-0.39, 0.29) is 17.3 Å².